The average molecular weight is 521 g/mol. The second kappa shape index (κ2) is 14.7. The number of aromatic nitrogens is 1. The fourth-order valence-corrected chi connectivity index (χ4v) is 5.15. The minimum Gasteiger partial charge on any atom is -0.462 e. The third-order valence-corrected chi connectivity index (χ3v) is 6.89. The van der Waals surface area contributed by atoms with Crippen molar-refractivity contribution in [2.75, 3.05) is 19.0 Å². The van der Waals surface area contributed by atoms with Gasteiger partial charge in [0.05, 0.1) is 26.2 Å². The molecule has 0 aliphatic heterocycles. The summed E-state index contributed by atoms with van der Waals surface area (Å²) in [7, 11) is 1.94. The molecule has 0 aliphatic carbocycles. The van der Waals surface area contributed by atoms with Gasteiger partial charge in [0.2, 0.25) is 10.8 Å². The molecule has 0 aliphatic rings. The van der Waals surface area contributed by atoms with Crippen LogP contribution in [0.4, 0.5) is 0 Å². The molecule has 0 N–H and O–H groups in total. The van der Waals surface area contributed by atoms with Gasteiger partial charge >= 0.3 is 5.97 Å². The number of rotatable bonds is 13. The molecule has 5 nitrogen and oxygen atoms in total. The van der Waals surface area contributed by atoms with Crippen LogP contribution in [0.5, 0.6) is 0 Å². The third-order valence-electron chi connectivity index (χ3n) is 6.13. The number of hydrogen-bond acceptors (Lipinski definition) is 5. The summed E-state index contributed by atoms with van der Waals surface area (Å²) < 4.78 is 13.7. The van der Waals surface area contributed by atoms with Gasteiger partial charge in [0.15, 0.2) is 5.69 Å². The SMILES string of the molecule is CCCOC(=O)c1c(CCC)c(C(=O)SCC)c(CCOCc2ccccc2)[n+](C)c1-c1ccccc1. The molecule has 196 valence electrons. The summed E-state index contributed by atoms with van der Waals surface area (Å²) in [6.07, 6.45) is 2.70. The molecule has 0 saturated heterocycles. The van der Waals surface area contributed by atoms with E-state index in [-0.39, 0.29) is 11.1 Å². The molecule has 3 aromatic rings. The zero-order valence-corrected chi connectivity index (χ0v) is 23.2. The van der Waals surface area contributed by atoms with Gasteiger partial charge in [0, 0.05) is 5.56 Å². The molecule has 3 rings (SSSR count). The van der Waals surface area contributed by atoms with E-state index in [1.807, 2.05) is 86.1 Å². The Balaban J connectivity index is 2.16. The first kappa shape index (κ1) is 28.6. The van der Waals surface area contributed by atoms with Crippen LogP contribution in [-0.4, -0.2) is 30.1 Å². The Hall–Kier alpha value is -2.96. The van der Waals surface area contributed by atoms with Crippen LogP contribution in [0.1, 0.15) is 71.1 Å². The second-order valence-corrected chi connectivity index (χ2v) is 10.1. The number of thioether (sulfide) groups is 1. The molecule has 0 atom stereocenters. The van der Waals surface area contributed by atoms with Crippen LogP contribution in [0.15, 0.2) is 60.7 Å². The number of carbonyl (C=O) groups excluding carboxylic acids is 2. The molecular formula is C31H38NO4S+. The van der Waals surface area contributed by atoms with E-state index in [9.17, 15) is 9.59 Å². The van der Waals surface area contributed by atoms with Crippen molar-refractivity contribution in [1.82, 2.24) is 0 Å². The summed E-state index contributed by atoms with van der Waals surface area (Å²) in [6, 6.07) is 19.9. The minimum absolute atomic E-state index is 0.0104. The maximum Gasteiger partial charge on any atom is 0.345 e. The monoisotopic (exact) mass is 520 g/mol. The fraction of sp³-hybridized carbons (Fsp3) is 0.387. The summed E-state index contributed by atoms with van der Waals surface area (Å²) in [6.45, 7) is 7.32. The maximum atomic E-state index is 13.6. The summed E-state index contributed by atoms with van der Waals surface area (Å²) in [5.74, 6) is 0.288. The lowest BCUT2D eigenvalue weighted by Crippen LogP contribution is -2.42. The summed E-state index contributed by atoms with van der Waals surface area (Å²) in [5.41, 5.74) is 5.59. The van der Waals surface area contributed by atoms with Gasteiger partial charge in [-0.2, -0.15) is 4.57 Å². The van der Waals surface area contributed by atoms with Gasteiger partial charge in [0.1, 0.15) is 18.2 Å². The summed E-state index contributed by atoms with van der Waals surface area (Å²) >= 11 is 1.28. The molecule has 0 saturated carbocycles. The lowest BCUT2D eigenvalue weighted by atomic mass is 9.91. The van der Waals surface area contributed by atoms with E-state index in [4.69, 9.17) is 9.47 Å². The molecule has 0 bridgehead atoms. The number of nitrogens with zero attached hydrogens (tertiary/aromatic N) is 1. The molecule has 1 aromatic heterocycles. The first-order valence-corrected chi connectivity index (χ1v) is 14.1. The highest BCUT2D eigenvalue weighted by molar-refractivity contribution is 8.14. The summed E-state index contributed by atoms with van der Waals surface area (Å²) in [5, 5.41) is -0.0104. The molecule has 6 heteroatoms. The summed E-state index contributed by atoms with van der Waals surface area (Å²) in [4.78, 5) is 27.1. The van der Waals surface area contributed by atoms with Crippen LogP contribution in [0, 0.1) is 0 Å². The van der Waals surface area contributed by atoms with Crippen LogP contribution in [-0.2, 0) is 36.0 Å². The van der Waals surface area contributed by atoms with E-state index in [0.29, 0.717) is 49.5 Å². The molecule has 37 heavy (non-hydrogen) atoms. The Morgan fingerprint density at radius 2 is 1.51 bits per heavy atom. The highest BCUT2D eigenvalue weighted by Crippen LogP contribution is 2.31. The molecular weight excluding hydrogens is 482 g/mol. The predicted molar refractivity (Wildman–Crippen MR) is 150 cm³/mol. The van der Waals surface area contributed by atoms with Crippen molar-refractivity contribution >= 4 is 22.8 Å². The third kappa shape index (κ3) is 7.30. The van der Waals surface area contributed by atoms with Crippen LogP contribution < -0.4 is 4.57 Å². The van der Waals surface area contributed by atoms with E-state index >= 15 is 0 Å². The second-order valence-electron chi connectivity index (χ2n) is 8.84. The van der Waals surface area contributed by atoms with E-state index < -0.39 is 0 Å². The number of esters is 1. The molecule has 0 radical (unpaired) electrons. The predicted octanol–water partition coefficient (Wildman–Crippen LogP) is 6.35. The standard InChI is InChI=1S/C31H38NO4S/c1-5-14-25-27(31(34)37-7-3)26(19-21-35-22-23-15-10-8-11-16-23)32(4)29(24-17-12-9-13-18-24)28(25)30(33)36-20-6-2/h8-13,15-18H,5-7,14,19-22H2,1-4H3/q+1. The first-order chi connectivity index (χ1) is 18.0. The van der Waals surface area contributed by atoms with E-state index in [1.54, 1.807) is 0 Å². The zero-order chi connectivity index (χ0) is 26.6. The molecule has 0 spiro atoms. The van der Waals surface area contributed by atoms with Gasteiger partial charge in [-0.3, -0.25) is 4.79 Å². The van der Waals surface area contributed by atoms with Gasteiger partial charge in [-0.15, -0.1) is 0 Å². The van der Waals surface area contributed by atoms with Gasteiger partial charge < -0.3 is 9.47 Å². The van der Waals surface area contributed by atoms with Gasteiger partial charge in [0.25, 0.3) is 0 Å². The van der Waals surface area contributed by atoms with E-state index in [1.165, 1.54) is 11.8 Å². The zero-order valence-electron chi connectivity index (χ0n) is 22.4. The van der Waals surface area contributed by atoms with Crippen molar-refractivity contribution in [3.8, 4) is 11.3 Å². The van der Waals surface area contributed by atoms with Gasteiger partial charge in [-0.1, -0.05) is 87.5 Å². The van der Waals surface area contributed by atoms with Crippen LogP contribution in [0.2, 0.25) is 0 Å². The topological polar surface area (TPSA) is 56.5 Å². The molecule has 1 heterocycles. The lowest BCUT2D eigenvalue weighted by Gasteiger charge is -2.19. The lowest BCUT2D eigenvalue weighted by molar-refractivity contribution is -0.668. The number of pyridine rings is 1. The van der Waals surface area contributed by atoms with Crippen LogP contribution >= 0.6 is 11.8 Å². The van der Waals surface area contributed by atoms with E-state index in [2.05, 4.69) is 6.92 Å². The number of ether oxygens (including phenoxy) is 2. The van der Waals surface area contributed by atoms with Crippen molar-refractivity contribution in [3.63, 3.8) is 0 Å². The Kier molecular flexibility index (Phi) is 11.4. The smallest absolute Gasteiger partial charge is 0.345 e. The van der Waals surface area contributed by atoms with Crippen molar-refractivity contribution in [3.05, 3.63) is 88.6 Å². The Labute approximate surface area is 225 Å². The van der Waals surface area contributed by atoms with Crippen LogP contribution in [0.25, 0.3) is 11.3 Å². The van der Waals surface area contributed by atoms with Gasteiger partial charge in [-0.05, 0) is 41.9 Å². The van der Waals surface area contributed by atoms with Crippen molar-refractivity contribution < 1.29 is 23.6 Å². The quantitative estimate of drug-likeness (QED) is 0.149. The molecule has 2 aromatic carbocycles. The largest absolute Gasteiger partial charge is 0.462 e. The van der Waals surface area contributed by atoms with Crippen molar-refractivity contribution in [2.24, 2.45) is 7.05 Å². The fourth-order valence-electron chi connectivity index (χ4n) is 4.50. The molecule has 0 unspecified atom stereocenters. The highest BCUT2D eigenvalue weighted by atomic mass is 32.2. The Bertz CT molecular complexity index is 1180. The van der Waals surface area contributed by atoms with E-state index in [0.717, 1.165) is 40.9 Å². The Morgan fingerprint density at radius 3 is 2.14 bits per heavy atom. The average Bonchev–Trinajstić information content (AvgIpc) is 2.92. The van der Waals surface area contributed by atoms with Crippen molar-refractivity contribution in [2.45, 2.75) is 53.1 Å². The minimum atomic E-state index is -0.373. The number of carbonyl (C=O) groups is 2. The first-order valence-electron chi connectivity index (χ1n) is 13.1. The van der Waals surface area contributed by atoms with Crippen LogP contribution in [0.3, 0.4) is 0 Å². The van der Waals surface area contributed by atoms with Crippen molar-refractivity contribution in [1.29, 1.82) is 0 Å². The Morgan fingerprint density at radius 1 is 0.838 bits per heavy atom. The number of benzene rings is 2. The molecule has 0 fully saturated rings. The number of hydrogen-bond donors (Lipinski definition) is 0. The highest BCUT2D eigenvalue weighted by Gasteiger charge is 2.35. The normalized spacial score (nSPS) is 10.9. The van der Waals surface area contributed by atoms with Gasteiger partial charge in [-0.25, -0.2) is 4.79 Å². The maximum absolute atomic E-state index is 13.6. The molecule has 0 amide bonds.